The summed E-state index contributed by atoms with van der Waals surface area (Å²) in [6, 6.07) is 10.1. The Morgan fingerprint density at radius 1 is 1.04 bits per heavy atom. The molecule has 3 rings (SSSR count). The van der Waals surface area contributed by atoms with Crippen molar-refractivity contribution in [1.82, 2.24) is 15.0 Å². The molecule has 0 bridgehead atoms. The Kier molecular flexibility index (Phi) is 5.74. The number of unbranched alkanes of at least 4 members (excludes halogenated alkanes) is 1. The van der Waals surface area contributed by atoms with Crippen molar-refractivity contribution in [3.05, 3.63) is 41.7 Å². The molecule has 2 heterocycles. The minimum absolute atomic E-state index is 0.342. The van der Waals surface area contributed by atoms with E-state index >= 15 is 0 Å². The van der Waals surface area contributed by atoms with E-state index in [4.69, 9.17) is 5.73 Å². The van der Waals surface area contributed by atoms with Gasteiger partial charge in [0.2, 0.25) is 5.95 Å². The number of nitrogens with zero attached hydrogens (tertiary/aromatic N) is 3. The van der Waals surface area contributed by atoms with Gasteiger partial charge < -0.3 is 16.4 Å². The maximum atomic E-state index is 6.16. The van der Waals surface area contributed by atoms with E-state index in [1.165, 1.54) is 12.8 Å². The molecule has 0 saturated heterocycles. The van der Waals surface area contributed by atoms with Crippen molar-refractivity contribution in [1.29, 1.82) is 0 Å². The molecule has 6 heteroatoms. The molecule has 3 aromatic rings. The second-order valence-corrected chi connectivity index (χ2v) is 7.12. The number of nitrogens with one attached hydrogen (secondary N) is 2. The van der Waals surface area contributed by atoms with Gasteiger partial charge in [-0.15, -0.1) is 0 Å². The number of aromatic nitrogens is 3. The maximum absolute atomic E-state index is 6.16. The fourth-order valence-electron chi connectivity index (χ4n) is 3.12. The molecular formula is C21H28N6. The molecule has 0 fully saturated rings. The van der Waals surface area contributed by atoms with Gasteiger partial charge in [-0.3, -0.25) is 4.98 Å². The van der Waals surface area contributed by atoms with E-state index in [0.29, 0.717) is 12.0 Å². The first-order valence-corrected chi connectivity index (χ1v) is 9.50. The standard InChI is InChI=1S/C21H28N6/c1-5-6-7-13(2)24-21-25-15(4)11-20(27-21)26-16-8-9-19-17(12-16)18(22)10-14(3)23-19/h8-13H,5-7H2,1-4H3,(H2,22,23)(H2,24,25,26,27). The molecule has 0 amide bonds. The summed E-state index contributed by atoms with van der Waals surface area (Å²) in [7, 11) is 0. The highest BCUT2D eigenvalue weighted by molar-refractivity contribution is 5.93. The van der Waals surface area contributed by atoms with Crippen molar-refractivity contribution in [3.63, 3.8) is 0 Å². The summed E-state index contributed by atoms with van der Waals surface area (Å²) >= 11 is 0. The normalized spacial score (nSPS) is 12.1. The van der Waals surface area contributed by atoms with Crippen LogP contribution in [0.1, 0.15) is 44.5 Å². The first-order chi connectivity index (χ1) is 12.9. The highest BCUT2D eigenvalue weighted by Crippen LogP contribution is 2.26. The Hall–Kier alpha value is -2.89. The lowest BCUT2D eigenvalue weighted by atomic mass is 10.1. The van der Waals surface area contributed by atoms with Crippen LogP contribution in [0.15, 0.2) is 30.3 Å². The monoisotopic (exact) mass is 364 g/mol. The fourth-order valence-corrected chi connectivity index (χ4v) is 3.12. The topological polar surface area (TPSA) is 88.8 Å². The number of pyridine rings is 1. The van der Waals surface area contributed by atoms with Crippen LogP contribution < -0.4 is 16.4 Å². The van der Waals surface area contributed by atoms with Gasteiger partial charge in [0.05, 0.1) is 5.52 Å². The summed E-state index contributed by atoms with van der Waals surface area (Å²) in [6.07, 6.45) is 3.48. The second-order valence-electron chi connectivity index (χ2n) is 7.12. The molecule has 2 aromatic heterocycles. The Labute approximate surface area is 160 Å². The molecule has 1 unspecified atom stereocenters. The third kappa shape index (κ3) is 4.84. The number of hydrogen-bond acceptors (Lipinski definition) is 6. The quantitative estimate of drug-likeness (QED) is 0.549. The van der Waals surface area contributed by atoms with E-state index in [2.05, 4.69) is 39.4 Å². The summed E-state index contributed by atoms with van der Waals surface area (Å²) in [5, 5.41) is 7.69. The lowest BCUT2D eigenvalue weighted by molar-refractivity contribution is 0.640. The number of hydrogen-bond donors (Lipinski definition) is 3. The zero-order chi connectivity index (χ0) is 19.4. The Bertz CT molecular complexity index is 937. The van der Waals surface area contributed by atoms with Crippen LogP contribution in [0.5, 0.6) is 0 Å². The molecule has 4 N–H and O–H groups in total. The predicted molar refractivity (Wildman–Crippen MR) is 114 cm³/mol. The molecule has 0 radical (unpaired) electrons. The van der Waals surface area contributed by atoms with Crippen molar-refractivity contribution in [2.24, 2.45) is 0 Å². The molecule has 27 heavy (non-hydrogen) atoms. The van der Waals surface area contributed by atoms with Crippen molar-refractivity contribution in [3.8, 4) is 0 Å². The predicted octanol–water partition coefficient (Wildman–Crippen LogP) is 4.96. The van der Waals surface area contributed by atoms with Gasteiger partial charge in [-0.2, -0.15) is 4.98 Å². The minimum atomic E-state index is 0.342. The van der Waals surface area contributed by atoms with Crippen molar-refractivity contribution >= 4 is 34.0 Å². The summed E-state index contributed by atoms with van der Waals surface area (Å²) in [6.45, 7) is 8.28. The number of nitrogen functional groups attached to an aromatic ring is 1. The minimum Gasteiger partial charge on any atom is -0.398 e. The summed E-state index contributed by atoms with van der Waals surface area (Å²) in [5.41, 5.74) is 10.5. The summed E-state index contributed by atoms with van der Waals surface area (Å²) < 4.78 is 0. The SMILES string of the molecule is CCCCC(C)Nc1nc(C)cc(Nc2ccc3nc(C)cc(N)c3c2)n1. The van der Waals surface area contributed by atoms with Gasteiger partial charge in [0.25, 0.3) is 0 Å². The number of aryl methyl sites for hydroxylation is 2. The van der Waals surface area contributed by atoms with Gasteiger partial charge in [0.1, 0.15) is 5.82 Å². The lowest BCUT2D eigenvalue weighted by Gasteiger charge is -2.15. The molecule has 1 atom stereocenters. The molecule has 6 nitrogen and oxygen atoms in total. The molecule has 0 spiro atoms. The van der Waals surface area contributed by atoms with Gasteiger partial charge in [0.15, 0.2) is 0 Å². The van der Waals surface area contributed by atoms with Crippen LogP contribution in [0, 0.1) is 13.8 Å². The smallest absolute Gasteiger partial charge is 0.225 e. The highest BCUT2D eigenvalue weighted by Gasteiger charge is 2.08. The maximum Gasteiger partial charge on any atom is 0.225 e. The third-order valence-electron chi connectivity index (χ3n) is 4.46. The third-order valence-corrected chi connectivity index (χ3v) is 4.46. The fraction of sp³-hybridized carbons (Fsp3) is 0.381. The summed E-state index contributed by atoms with van der Waals surface area (Å²) in [5.74, 6) is 1.41. The number of nitrogens with two attached hydrogens (primary N) is 1. The Balaban J connectivity index is 1.82. The zero-order valence-corrected chi connectivity index (χ0v) is 16.5. The van der Waals surface area contributed by atoms with Crippen LogP contribution in [0.2, 0.25) is 0 Å². The van der Waals surface area contributed by atoms with Gasteiger partial charge >= 0.3 is 0 Å². The van der Waals surface area contributed by atoms with Gasteiger partial charge in [0, 0.05) is 40.3 Å². The largest absolute Gasteiger partial charge is 0.398 e. The number of rotatable bonds is 7. The average molecular weight is 364 g/mol. The van der Waals surface area contributed by atoms with Crippen LogP contribution in [0.25, 0.3) is 10.9 Å². The molecule has 142 valence electrons. The molecule has 1 aromatic carbocycles. The Morgan fingerprint density at radius 2 is 1.81 bits per heavy atom. The number of benzene rings is 1. The molecule has 0 aliphatic heterocycles. The first-order valence-electron chi connectivity index (χ1n) is 9.50. The molecule has 0 aliphatic carbocycles. The zero-order valence-electron chi connectivity index (χ0n) is 16.5. The van der Waals surface area contributed by atoms with Crippen molar-refractivity contribution in [2.75, 3.05) is 16.4 Å². The molecule has 0 aliphatic rings. The van der Waals surface area contributed by atoms with E-state index in [-0.39, 0.29) is 0 Å². The van der Waals surface area contributed by atoms with Crippen LogP contribution >= 0.6 is 0 Å². The average Bonchev–Trinajstić information content (AvgIpc) is 2.60. The molecule has 0 saturated carbocycles. The lowest BCUT2D eigenvalue weighted by Crippen LogP contribution is -2.17. The highest BCUT2D eigenvalue weighted by atomic mass is 15.2. The van der Waals surface area contributed by atoms with E-state index in [1.807, 2.05) is 44.2 Å². The Morgan fingerprint density at radius 3 is 2.59 bits per heavy atom. The van der Waals surface area contributed by atoms with Gasteiger partial charge in [-0.1, -0.05) is 19.8 Å². The van der Waals surface area contributed by atoms with Crippen molar-refractivity contribution < 1.29 is 0 Å². The summed E-state index contributed by atoms with van der Waals surface area (Å²) in [4.78, 5) is 13.6. The van der Waals surface area contributed by atoms with Gasteiger partial charge in [-0.25, -0.2) is 4.98 Å². The van der Waals surface area contributed by atoms with Gasteiger partial charge in [-0.05, 0) is 51.5 Å². The second kappa shape index (κ2) is 8.20. The van der Waals surface area contributed by atoms with Crippen LogP contribution in [-0.2, 0) is 0 Å². The number of fused-ring (bicyclic) bond motifs is 1. The van der Waals surface area contributed by atoms with E-state index in [9.17, 15) is 0 Å². The first kappa shape index (κ1) is 18.9. The van der Waals surface area contributed by atoms with E-state index in [0.717, 1.165) is 45.9 Å². The van der Waals surface area contributed by atoms with Crippen LogP contribution in [0.4, 0.5) is 23.1 Å². The van der Waals surface area contributed by atoms with Crippen LogP contribution in [-0.4, -0.2) is 21.0 Å². The van der Waals surface area contributed by atoms with Crippen LogP contribution in [0.3, 0.4) is 0 Å². The van der Waals surface area contributed by atoms with E-state index in [1.54, 1.807) is 0 Å². The van der Waals surface area contributed by atoms with E-state index < -0.39 is 0 Å². The molecular weight excluding hydrogens is 336 g/mol. The number of anilines is 4. The van der Waals surface area contributed by atoms with Crippen molar-refractivity contribution in [2.45, 2.75) is 53.0 Å².